The zero-order valence-corrected chi connectivity index (χ0v) is 15.5. The zero-order valence-electron chi connectivity index (χ0n) is 14.7. The third kappa shape index (κ3) is 3.76. The maximum Gasteiger partial charge on any atom is 0.0928 e. The minimum atomic E-state index is 0.0133. The first-order valence-corrected chi connectivity index (χ1v) is 9.17. The highest BCUT2D eigenvalue weighted by Crippen LogP contribution is 2.28. The molecule has 1 unspecified atom stereocenters. The zero-order chi connectivity index (χ0) is 16.3. The minimum Gasteiger partial charge on any atom is -0.373 e. The Labute approximate surface area is 139 Å². The minimum absolute atomic E-state index is 0.0133. The van der Waals surface area contributed by atoms with Gasteiger partial charge < -0.3 is 14.5 Å². The largest absolute Gasteiger partial charge is 0.373 e. The lowest BCUT2D eigenvalue weighted by Gasteiger charge is -2.45. The summed E-state index contributed by atoms with van der Waals surface area (Å²) in [5, 5.41) is 0.444. The second-order valence-electron chi connectivity index (χ2n) is 6.67. The third-order valence-electron chi connectivity index (χ3n) is 4.91. The SMILES string of the molecule is CSC(C)c1ccc(N2CCO[C@H](C(C)(C)N(C)C)C2)cn1. The van der Waals surface area contributed by atoms with Crippen molar-refractivity contribution < 1.29 is 4.74 Å². The molecule has 1 aromatic heterocycles. The van der Waals surface area contributed by atoms with Crippen LogP contribution in [0.15, 0.2) is 18.3 Å². The summed E-state index contributed by atoms with van der Waals surface area (Å²) in [6.07, 6.45) is 4.32. The van der Waals surface area contributed by atoms with Crippen LogP contribution < -0.4 is 4.90 Å². The standard InChI is InChI=1S/C17H29N3OS/c1-13(22-6)15-8-7-14(11-18-15)20-9-10-21-16(12-20)17(2,3)19(4)5/h7-8,11,13,16H,9-10,12H2,1-6H3/t13?,16-/m0/s1. The molecule has 2 heterocycles. The van der Waals surface area contributed by atoms with Gasteiger partial charge in [-0.1, -0.05) is 0 Å². The molecule has 124 valence electrons. The Kier molecular flexibility index (Phi) is 5.75. The average molecular weight is 324 g/mol. The van der Waals surface area contributed by atoms with E-state index in [-0.39, 0.29) is 11.6 Å². The van der Waals surface area contributed by atoms with E-state index in [9.17, 15) is 0 Å². The molecule has 2 rings (SSSR count). The predicted octanol–water partition coefficient (Wildman–Crippen LogP) is 3.05. The maximum absolute atomic E-state index is 6.03. The fourth-order valence-corrected chi connectivity index (χ4v) is 2.93. The average Bonchev–Trinajstić information content (AvgIpc) is 2.54. The van der Waals surface area contributed by atoms with Crippen molar-refractivity contribution >= 4 is 17.4 Å². The molecule has 1 fully saturated rings. The van der Waals surface area contributed by atoms with Gasteiger partial charge in [-0.3, -0.25) is 4.98 Å². The van der Waals surface area contributed by atoms with Gasteiger partial charge in [0.15, 0.2) is 0 Å². The molecule has 0 aromatic carbocycles. The van der Waals surface area contributed by atoms with E-state index in [1.165, 1.54) is 5.69 Å². The summed E-state index contributed by atoms with van der Waals surface area (Å²) < 4.78 is 6.03. The summed E-state index contributed by atoms with van der Waals surface area (Å²) in [7, 11) is 4.23. The van der Waals surface area contributed by atoms with E-state index in [1.54, 1.807) is 0 Å². The number of pyridine rings is 1. The van der Waals surface area contributed by atoms with Crippen molar-refractivity contribution in [2.75, 3.05) is 44.9 Å². The van der Waals surface area contributed by atoms with Crippen molar-refractivity contribution in [1.29, 1.82) is 0 Å². The molecule has 5 heteroatoms. The van der Waals surface area contributed by atoms with Crippen LogP contribution in [0.1, 0.15) is 31.7 Å². The molecule has 1 aromatic rings. The second-order valence-corrected chi connectivity index (χ2v) is 7.85. The van der Waals surface area contributed by atoms with Crippen molar-refractivity contribution in [3.8, 4) is 0 Å². The van der Waals surface area contributed by atoms with Crippen molar-refractivity contribution in [3.05, 3.63) is 24.0 Å². The van der Waals surface area contributed by atoms with Crippen molar-refractivity contribution in [2.45, 2.75) is 37.7 Å². The van der Waals surface area contributed by atoms with Crippen molar-refractivity contribution in [2.24, 2.45) is 0 Å². The molecule has 1 saturated heterocycles. The molecule has 1 aliphatic heterocycles. The highest BCUT2D eigenvalue weighted by atomic mass is 32.2. The Bertz CT molecular complexity index is 475. The van der Waals surface area contributed by atoms with Crippen LogP contribution in [-0.4, -0.2) is 61.6 Å². The molecule has 22 heavy (non-hydrogen) atoms. The van der Waals surface area contributed by atoms with E-state index in [1.807, 2.05) is 18.0 Å². The lowest BCUT2D eigenvalue weighted by atomic mass is 9.94. The van der Waals surface area contributed by atoms with Crippen LogP contribution in [-0.2, 0) is 4.74 Å². The number of nitrogens with zero attached hydrogens (tertiary/aromatic N) is 3. The normalized spacial score (nSPS) is 21.2. The van der Waals surface area contributed by atoms with E-state index in [4.69, 9.17) is 4.74 Å². The molecule has 2 atom stereocenters. The Balaban J connectivity index is 2.09. The highest BCUT2D eigenvalue weighted by Gasteiger charge is 2.36. The Morgan fingerprint density at radius 2 is 2.14 bits per heavy atom. The first-order valence-electron chi connectivity index (χ1n) is 7.89. The summed E-state index contributed by atoms with van der Waals surface area (Å²) in [6, 6.07) is 4.35. The van der Waals surface area contributed by atoms with Crippen LogP contribution in [0.25, 0.3) is 0 Å². The summed E-state index contributed by atoms with van der Waals surface area (Å²) in [5.41, 5.74) is 2.36. The topological polar surface area (TPSA) is 28.6 Å². The summed E-state index contributed by atoms with van der Waals surface area (Å²) in [5.74, 6) is 0. The van der Waals surface area contributed by atoms with E-state index in [0.717, 1.165) is 25.4 Å². The van der Waals surface area contributed by atoms with Crippen LogP contribution in [0.2, 0.25) is 0 Å². The summed E-state index contributed by atoms with van der Waals surface area (Å²) >= 11 is 1.82. The molecule has 1 aliphatic rings. The fourth-order valence-electron chi connectivity index (χ4n) is 2.54. The van der Waals surface area contributed by atoms with Gasteiger partial charge in [0.1, 0.15) is 0 Å². The van der Waals surface area contributed by atoms with Gasteiger partial charge >= 0.3 is 0 Å². The predicted molar refractivity (Wildman–Crippen MR) is 95.9 cm³/mol. The number of anilines is 1. The van der Waals surface area contributed by atoms with E-state index >= 15 is 0 Å². The fraction of sp³-hybridized carbons (Fsp3) is 0.706. The second kappa shape index (κ2) is 7.20. The third-order valence-corrected chi connectivity index (χ3v) is 5.86. The first kappa shape index (κ1) is 17.6. The first-order chi connectivity index (χ1) is 10.4. The van der Waals surface area contributed by atoms with Crippen molar-refractivity contribution in [3.63, 3.8) is 0 Å². The Hall–Kier alpha value is -0.780. The van der Waals surface area contributed by atoms with Gasteiger partial charge in [-0.05, 0) is 53.3 Å². The molecular weight excluding hydrogens is 294 g/mol. The molecule has 0 bridgehead atoms. The number of thioether (sulfide) groups is 1. The van der Waals surface area contributed by atoms with Crippen LogP contribution in [0.5, 0.6) is 0 Å². The number of morpholine rings is 1. The maximum atomic E-state index is 6.03. The molecular formula is C17H29N3OS. The van der Waals surface area contributed by atoms with Crippen LogP contribution >= 0.6 is 11.8 Å². The van der Waals surface area contributed by atoms with Gasteiger partial charge in [-0.15, -0.1) is 0 Å². The van der Waals surface area contributed by atoms with Crippen LogP contribution in [0.3, 0.4) is 0 Å². The molecule has 0 saturated carbocycles. The number of likely N-dealkylation sites (N-methyl/N-ethyl adjacent to an activating group) is 1. The van der Waals surface area contributed by atoms with Gasteiger partial charge in [0.05, 0.1) is 30.3 Å². The van der Waals surface area contributed by atoms with Gasteiger partial charge in [0, 0.05) is 23.9 Å². The molecule has 4 nitrogen and oxygen atoms in total. The lowest BCUT2D eigenvalue weighted by Crippen LogP contribution is -2.57. The summed E-state index contributed by atoms with van der Waals surface area (Å²) in [6.45, 7) is 9.27. The smallest absolute Gasteiger partial charge is 0.0928 e. The molecule has 0 spiro atoms. The number of hydrogen-bond donors (Lipinski definition) is 0. The molecule has 0 aliphatic carbocycles. The Morgan fingerprint density at radius 1 is 1.41 bits per heavy atom. The van der Waals surface area contributed by atoms with E-state index in [0.29, 0.717) is 5.25 Å². The van der Waals surface area contributed by atoms with Crippen LogP contribution in [0, 0.1) is 0 Å². The van der Waals surface area contributed by atoms with Gasteiger partial charge in [0.2, 0.25) is 0 Å². The van der Waals surface area contributed by atoms with E-state index in [2.05, 4.69) is 68.0 Å². The molecule has 0 radical (unpaired) electrons. The highest BCUT2D eigenvalue weighted by molar-refractivity contribution is 7.98. The number of rotatable bonds is 5. The van der Waals surface area contributed by atoms with E-state index < -0.39 is 0 Å². The monoisotopic (exact) mass is 323 g/mol. The number of aromatic nitrogens is 1. The van der Waals surface area contributed by atoms with Gasteiger partial charge in [0.25, 0.3) is 0 Å². The molecule has 0 N–H and O–H groups in total. The number of hydrogen-bond acceptors (Lipinski definition) is 5. The van der Waals surface area contributed by atoms with Crippen molar-refractivity contribution in [1.82, 2.24) is 9.88 Å². The molecule has 0 amide bonds. The van der Waals surface area contributed by atoms with Gasteiger partial charge in [-0.2, -0.15) is 11.8 Å². The Morgan fingerprint density at radius 3 is 2.68 bits per heavy atom. The lowest BCUT2D eigenvalue weighted by molar-refractivity contribution is -0.0484. The summed E-state index contributed by atoms with van der Waals surface area (Å²) in [4.78, 5) is 9.26. The quantitative estimate of drug-likeness (QED) is 0.830. The van der Waals surface area contributed by atoms with Gasteiger partial charge in [-0.25, -0.2) is 0 Å². The van der Waals surface area contributed by atoms with Crippen LogP contribution in [0.4, 0.5) is 5.69 Å². The number of ether oxygens (including phenoxy) is 1.